The van der Waals surface area contributed by atoms with Gasteiger partial charge in [-0.15, -0.1) is 0 Å². The second-order valence-corrected chi connectivity index (χ2v) is 6.66. The number of amides is 2. The van der Waals surface area contributed by atoms with E-state index in [0.29, 0.717) is 23.0 Å². The molecule has 1 saturated heterocycles. The largest absolute Gasteiger partial charge is 0.324 e. The number of anilines is 2. The normalized spacial score (nSPS) is 23.5. The van der Waals surface area contributed by atoms with Crippen LogP contribution in [0.5, 0.6) is 0 Å². The number of pyridine rings is 1. The van der Waals surface area contributed by atoms with Gasteiger partial charge in [0.05, 0.1) is 17.8 Å². The molecule has 3 N–H and O–H groups in total. The predicted octanol–water partition coefficient (Wildman–Crippen LogP) is 2.44. The lowest BCUT2D eigenvalue weighted by Crippen LogP contribution is -2.51. The second kappa shape index (κ2) is 7.09. The Kier molecular flexibility index (Phi) is 4.50. The first-order valence-corrected chi connectivity index (χ1v) is 8.74. The number of hydrogen-bond donors (Lipinski definition) is 3. The number of aromatic nitrogens is 1. The van der Waals surface area contributed by atoms with E-state index in [1.54, 1.807) is 30.5 Å². The minimum atomic E-state index is -0.217. The predicted molar refractivity (Wildman–Crippen MR) is 99.8 cm³/mol. The van der Waals surface area contributed by atoms with Crippen molar-refractivity contribution in [1.29, 1.82) is 0 Å². The molecule has 0 spiro atoms. The third kappa shape index (κ3) is 3.50. The molecule has 1 aromatic heterocycles. The molecular formula is C20H20N4O2. The highest BCUT2D eigenvalue weighted by Gasteiger charge is 2.36. The van der Waals surface area contributed by atoms with Crippen LogP contribution in [0.3, 0.4) is 0 Å². The molecule has 6 heteroatoms. The molecule has 132 valence electrons. The van der Waals surface area contributed by atoms with E-state index in [1.165, 1.54) is 0 Å². The molecule has 1 aliphatic carbocycles. The van der Waals surface area contributed by atoms with Crippen LogP contribution in [0.1, 0.15) is 16.8 Å². The molecule has 1 aromatic carbocycles. The summed E-state index contributed by atoms with van der Waals surface area (Å²) in [6, 6.07) is 12.5. The number of carbonyl (C=O) groups excluding carboxylic acids is 2. The summed E-state index contributed by atoms with van der Waals surface area (Å²) >= 11 is 0. The Morgan fingerprint density at radius 1 is 1.04 bits per heavy atom. The third-order valence-corrected chi connectivity index (χ3v) is 4.84. The minimum Gasteiger partial charge on any atom is -0.324 e. The zero-order valence-corrected chi connectivity index (χ0v) is 14.2. The zero-order chi connectivity index (χ0) is 17.9. The summed E-state index contributed by atoms with van der Waals surface area (Å²) in [5.74, 6) is 0.601. The van der Waals surface area contributed by atoms with E-state index in [0.717, 1.165) is 13.0 Å². The topological polar surface area (TPSA) is 83.1 Å². The van der Waals surface area contributed by atoms with E-state index >= 15 is 0 Å². The van der Waals surface area contributed by atoms with Crippen LogP contribution in [0.4, 0.5) is 11.5 Å². The molecule has 2 amide bonds. The van der Waals surface area contributed by atoms with E-state index in [4.69, 9.17) is 0 Å². The summed E-state index contributed by atoms with van der Waals surface area (Å²) < 4.78 is 0. The number of fused-ring (bicyclic) bond motifs is 2. The highest BCUT2D eigenvalue weighted by atomic mass is 16.2. The number of nitrogens with zero attached hydrogens (tertiary/aromatic N) is 1. The zero-order valence-electron chi connectivity index (χ0n) is 14.2. The number of hydrogen-bond acceptors (Lipinski definition) is 4. The Bertz CT molecular complexity index is 833. The number of piperidine rings is 1. The van der Waals surface area contributed by atoms with E-state index in [2.05, 4.69) is 33.1 Å². The summed E-state index contributed by atoms with van der Waals surface area (Å²) in [4.78, 5) is 28.9. The lowest BCUT2D eigenvalue weighted by atomic mass is 9.78. The van der Waals surface area contributed by atoms with Crippen molar-refractivity contribution in [3.05, 3.63) is 66.4 Å². The van der Waals surface area contributed by atoms with Gasteiger partial charge in [0.15, 0.2) is 0 Å². The van der Waals surface area contributed by atoms with Gasteiger partial charge in [-0.1, -0.05) is 30.4 Å². The van der Waals surface area contributed by atoms with Gasteiger partial charge in [-0.2, -0.15) is 0 Å². The van der Waals surface area contributed by atoms with Crippen molar-refractivity contribution >= 4 is 23.3 Å². The Morgan fingerprint density at radius 2 is 1.88 bits per heavy atom. The monoisotopic (exact) mass is 348 g/mol. The molecule has 3 unspecified atom stereocenters. The molecule has 6 nitrogen and oxygen atoms in total. The fourth-order valence-corrected chi connectivity index (χ4v) is 3.44. The van der Waals surface area contributed by atoms with Crippen molar-refractivity contribution < 1.29 is 9.59 Å². The van der Waals surface area contributed by atoms with Crippen LogP contribution in [0, 0.1) is 11.8 Å². The minimum absolute atomic E-state index is 0.000536. The van der Waals surface area contributed by atoms with Gasteiger partial charge in [0.1, 0.15) is 5.82 Å². The Labute approximate surface area is 151 Å². The highest BCUT2D eigenvalue weighted by molar-refractivity contribution is 6.03. The number of carbonyl (C=O) groups is 2. The molecule has 3 aliphatic rings. The molecule has 26 heavy (non-hydrogen) atoms. The third-order valence-electron chi connectivity index (χ3n) is 4.84. The highest BCUT2D eigenvalue weighted by Crippen LogP contribution is 2.29. The lowest BCUT2D eigenvalue weighted by molar-refractivity contribution is -0.121. The second-order valence-electron chi connectivity index (χ2n) is 6.66. The summed E-state index contributed by atoms with van der Waals surface area (Å²) in [6.07, 6.45) is 6.71. The van der Waals surface area contributed by atoms with Gasteiger partial charge in [-0.25, -0.2) is 4.98 Å². The molecule has 0 saturated carbocycles. The van der Waals surface area contributed by atoms with Crippen molar-refractivity contribution in [3.8, 4) is 0 Å². The molecule has 0 radical (unpaired) electrons. The van der Waals surface area contributed by atoms with Gasteiger partial charge in [-0.3, -0.25) is 9.59 Å². The molecule has 3 atom stereocenters. The van der Waals surface area contributed by atoms with Crippen molar-refractivity contribution in [2.75, 3.05) is 17.2 Å². The summed E-state index contributed by atoms with van der Waals surface area (Å²) in [6.45, 7) is 0.947. The number of nitrogens with one attached hydrogen (secondary N) is 3. The fourth-order valence-electron chi connectivity index (χ4n) is 3.44. The average molecular weight is 348 g/mol. The van der Waals surface area contributed by atoms with Crippen LogP contribution in [0.25, 0.3) is 0 Å². The average Bonchev–Trinajstić information content (AvgIpc) is 2.71. The van der Waals surface area contributed by atoms with E-state index in [-0.39, 0.29) is 23.8 Å². The van der Waals surface area contributed by atoms with Crippen molar-refractivity contribution in [3.63, 3.8) is 0 Å². The Balaban J connectivity index is 1.36. The quantitative estimate of drug-likeness (QED) is 0.741. The van der Waals surface area contributed by atoms with Crippen molar-refractivity contribution in [2.24, 2.45) is 11.8 Å². The number of benzene rings is 1. The SMILES string of the molecule is O=C(Nc1ccc(NC(=O)C2CC3C=CC2NC3)cn1)c1ccccc1. The summed E-state index contributed by atoms with van der Waals surface area (Å²) in [5, 5.41) is 9.03. The molecule has 2 bridgehead atoms. The smallest absolute Gasteiger partial charge is 0.256 e. The lowest BCUT2D eigenvalue weighted by Gasteiger charge is -2.37. The number of rotatable bonds is 4. The van der Waals surface area contributed by atoms with E-state index in [9.17, 15) is 9.59 Å². The van der Waals surface area contributed by atoms with Gasteiger partial charge in [-0.05, 0) is 36.6 Å². The maximum atomic E-state index is 12.5. The summed E-state index contributed by atoms with van der Waals surface area (Å²) in [5.41, 5.74) is 1.19. The molecule has 1 fully saturated rings. The van der Waals surface area contributed by atoms with Crippen LogP contribution in [-0.4, -0.2) is 29.4 Å². The van der Waals surface area contributed by atoms with Crippen LogP contribution in [-0.2, 0) is 4.79 Å². The van der Waals surface area contributed by atoms with Crippen molar-refractivity contribution in [1.82, 2.24) is 10.3 Å². The fraction of sp³-hybridized carbons (Fsp3) is 0.250. The van der Waals surface area contributed by atoms with Crippen LogP contribution >= 0.6 is 0 Å². The van der Waals surface area contributed by atoms with E-state index < -0.39 is 0 Å². The van der Waals surface area contributed by atoms with Gasteiger partial charge < -0.3 is 16.0 Å². The van der Waals surface area contributed by atoms with Gasteiger partial charge >= 0.3 is 0 Å². The van der Waals surface area contributed by atoms with Crippen molar-refractivity contribution in [2.45, 2.75) is 12.5 Å². The van der Waals surface area contributed by atoms with Gasteiger partial charge in [0.2, 0.25) is 5.91 Å². The Morgan fingerprint density at radius 3 is 2.50 bits per heavy atom. The Hall–Kier alpha value is -2.99. The van der Waals surface area contributed by atoms with Crippen LogP contribution < -0.4 is 16.0 Å². The molecule has 5 rings (SSSR count). The molecule has 2 aromatic rings. The first-order valence-electron chi connectivity index (χ1n) is 8.74. The molecule has 3 heterocycles. The molecular weight excluding hydrogens is 328 g/mol. The first kappa shape index (κ1) is 16.5. The first-order chi connectivity index (χ1) is 12.7. The van der Waals surface area contributed by atoms with Gasteiger partial charge in [0.25, 0.3) is 5.91 Å². The van der Waals surface area contributed by atoms with Crippen LogP contribution in [0.15, 0.2) is 60.8 Å². The van der Waals surface area contributed by atoms with Gasteiger partial charge in [0, 0.05) is 18.2 Å². The summed E-state index contributed by atoms with van der Waals surface area (Å²) in [7, 11) is 0. The maximum Gasteiger partial charge on any atom is 0.256 e. The standard InChI is InChI=1S/C20H20N4O2/c25-19(14-4-2-1-3-5-14)24-18-9-7-15(12-22-18)23-20(26)16-10-13-6-8-17(16)21-11-13/h1-9,12-13,16-17,21H,10-11H2,(H,23,26)(H,22,24,25). The maximum absolute atomic E-state index is 12.5. The van der Waals surface area contributed by atoms with E-state index in [1.807, 2.05) is 18.2 Å². The van der Waals surface area contributed by atoms with Crippen LogP contribution in [0.2, 0.25) is 0 Å². The molecule has 2 aliphatic heterocycles.